The van der Waals surface area contributed by atoms with Crippen LogP contribution >= 0.6 is 11.6 Å². The number of rotatable bonds is 4. The number of halogens is 2. The van der Waals surface area contributed by atoms with Crippen molar-refractivity contribution >= 4 is 28.4 Å². The first-order valence-electron chi connectivity index (χ1n) is 7.36. The standard InChI is InChI=1S/C18H16ClFN2O/c1-11-12(13-5-2-3-8-16(13)22-11)9-10-21-18(23)17-14(19)6-4-7-15(17)20/h2-8,22H,9-10H2,1H3,(H,21,23). The monoisotopic (exact) mass is 330 g/mol. The molecule has 0 saturated heterocycles. The van der Waals surface area contributed by atoms with Crippen molar-refractivity contribution in [2.75, 3.05) is 6.54 Å². The number of aromatic nitrogens is 1. The minimum Gasteiger partial charge on any atom is -0.358 e. The molecule has 2 aromatic carbocycles. The van der Waals surface area contributed by atoms with Crippen LogP contribution in [-0.2, 0) is 6.42 Å². The van der Waals surface area contributed by atoms with E-state index in [1.54, 1.807) is 0 Å². The van der Waals surface area contributed by atoms with Crippen LogP contribution in [0.15, 0.2) is 42.5 Å². The van der Waals surface area contributed by atoms with Crippen molar-refractivity contribution in [3.05, 3.63) is 70.1 Å². The Bertz CT molecular complexity index is 852. The van der Waals surface area contributed by atoms with Gasteiger partial charge in [-0.25, -0.2) is 4.39 Å². The first-order chi connectivity index (χ1) is 11.1. The third kappa shape index (κ3) is 3.08. The largest absolute Gasteiger partial charge is 0.358 e. The summed E-state index contributed by atoms with van der Waals surface area (Å²) in [6, 6.07) is 12.2. The SMILES string of the molecule is Cc1[nH]c2ccccc2c1CCNC(=O)c1c(F)cccc1Cl. The molecule has 0 unspecified atom stereocenters. The third-order valence-electron chi connectivity index (χ3n) is 3.88. The lowest BCUT2D eigenvalue weighted by Gasteiger charge is -2.08. The number of aryl methyl sites for hydroxylation is 1. The maximum absolute atomic E-state index is 13.7. The lowest BCUT2D eigenvalue weighted by Crippen LogP contribution is -2.27. The van der Waals surface area contributed by atoms with Crippen LogP contribution in [0.5, 0.6) is 0 Å². The number of fused-ring (bicyclic) bond motifs is 1. The minimum atomic E-state index is -0.613. The number of amides is 1. The van der Waals surface area contributed by atoms with Crippen LogP contribution < -0.4 is 5.32 Å². The highest BCUT2D eigenvalue weighted by molar-refractivity contribution is 6.33. The van der Waals surface area contributed by atoms with Crippen LogP contribution in [-0.4, -0.2) is 17.4 Å². The predicted octanol–water partition coefficient (Wildman–Crippen LogP) is 4.24. The average Bonchev–Trinajstić information content (AvgIpc) is 2.83. The first-order valence-corrected chi connectivity index (χ1v) is 7.74. The summed E-state index contributed by atoms with van der Waals surface area (Å²) in [4.78, 5) is 15.4. The van der Waals surface area contributed by atoms with Gasteiger partial charge in [0.2, 0.25) is 0 Å². The van der Waals surface area contributed by atoms with Crippen molar-refractivity contribution in [3.8, 4) is 0 Å². The number of nitrogens with one attached hydrogen (secondary N) is 2. The number of hydrogen-bond donors (Lipinski definition) is 2. The van der Waals surface area contributed by atoms with Gasteiger partial charge in [-0.3, -0.25) is 4.79 Å². The zero-order chi connectivity index (χ0) is 16.4. The molecule has 5 heteroatoms. The van der Waals surface area contributed by atoms with E-state index in [1.807, 2.05) is 31.2 Å². The molecule has 0 fully saturated rings. The molecular formula is C18H16ClFN2O. The van der Waals surface area contributed by atoms with Crippen LogP contribution in [0.4, 0.5) is 4.39 Å². The van der Waals surface area contributed by atoms with Crippen LogP contribution in [0, 0.1) is 12.7 Å². The van der Waals surface area contributed by atoms with Gasteiger partial charge in [0.25, 0.3) is 5.91 Å². The fourth-order valence-electron chi connectivity index (χ4n) is 2.76. The molecular weight excluding hydrogens is 315 g/mol. The van der Waals surface area contributed by atoms with E-state index in [9.17, 15) is 9.18 Å². The number of hydrogen-bond acceptors (Lipinski definition) is 1. The normalized spacial score (nSPS) is 10.9. The summed E-state index contributed by atoms with van der Waals surface area (Å²) in [6.07, 6.45) is 0.660. The topological polar surface area (TPSA) is 44.9 Å². The summed E-state index contributed by atoms with van der Waals surface area (Å²) in [7, 11) is 0. The zero-order valence-corrected chi connectivity index (χ0v) is 13.4. The van der Waals surface area contributed by atoms with Gasteiger partial charge in [0.15, 0.2) is 0 Å². The van der Waals surface area contributed by atoms with Gasteiger partial charge in [0.1, 0.15) is 5.82 Å². The fraction of sp³-hybridized carbons (Fsp3) is 0.167. The second-order valence-electron chi connectivity index (χ2n) is 5.38. The van der Waals surface area contributed by atoms with Gasteiger partial charge >= 0.3 is 0 Å². The summed E-state index contributed by atoms with van der Waals surface area (Å²) in [5.41, 5.74) is 3.19. The Balaban J connectivity index is 1.72. The summed E-state index contributed by atoms with van der Waals surface area (Å²) in [5.74, 6) is -1.11. The van der Waals surface area contributed by atoms with Gasteiger partial charge in [0.05, 0.1) is 10.6 Å². The van der Waals surface area contributed by atoms with Gasteiger partial charge in [-0.1, -0.05) is 35.9 Å². The van der Waals surface area contributed by atoms with E-state index in [0.717, 1.165) is 22.2 Å². The summed E-state index contributed by atoms with van der Waals surface area (Å²) in [5, 5.41) is 3.99. The van der Waals surface area contributed by atoms with Crippen molar-refractivity contribution in [2.24, 2.45) is 0 Å². The molecule has 0 aliphatic rings. The Morgan fingerprint density at radius 3 is 2.78 bits per heavy atom. The van der Waals surface area contributed by atoms with Crippen molar-refractivity contribution in [1.29, 1.82) is 0 Å². The molecule has 118 valence electrons. The molecule has 0 saturated carbocycles. The van der Waals surface area contributed by atoms with Gasteiger partial charge in [0, 0.05) is 23.1 Å². The molecule has 1 amide bonds. The van der Waals surface area contributed by atoms with E-state index in [2.05, 4.69) is 10.3 Å². The van der Waals surface area contributed by atoms with E-state index in [1.165, 1.54) is 18.2 Å². The quantitative estimate of drug-likeness (QED) is 0.738. The number of carbonyl (C=O) groups excluding carboxylic acids is 1. The molecule has 1 heterocycles. The number of para-hydroxylation sites is 1. The highest BCUT2D eigenvalue weighted by Gasteiger charge is 2.15. The fourth-order valence-corrected chi connectivity index (χ4v) is 3.01. The molecule has 0 spiro atoms. The van der Waals surface area contributed by atoms with E-state index in [4.69, 9.17) is 11.6 Å². The molecule has 0 aliphatic heterocycles. The Morgan fingerprint density at radius 2 is 2.00 bits per heavy atom. The van der Waals surface area contributed by atoms with Crippen LogP contribution in [0.2, 0.25) is 5.02 Å². The second kappa shape index (κ2) is 6.42. The Hall–Kier alpha value is -2.33. The molecule has 0 bridgehead atoms. The summed E-state index contributed by atoms with van der Waals surface area (Å²) in [6.45, 7) is 2.41. The number of aromatic amines is 1. The van der Waals surface area contributed by atoms with Gasteiger partial charge in [-0.05, 0) is 37.1 Å². The Labute approximate surface area is 138 Å². The molecule has 3 aromatic rings. The minimum absolute atomic E-state index is 0.107. The zero-order valence-electron chi connectivity index (χ0n) is 12.6. The predicted molar refractivity (Wildman–Crippen MR) is 90.5 cm³/mol. The average molecular weight is 331 g/mol. The molecule has 0 aliphatic carbocycles. The van der Waals surface area contributed by atoms with E-state index < -0.39 is 11.7 Å². The first kappa shape index (κ1) is 15.6. The van der Waals surface area contributed by atoms with Crippen molar-refractivity contribution < 1.29 is 9.18 Å². The van der Waals surface area contributed by atoms with Crippen LogP contribution in [0.3, 0.4) is 0 Å². The molecule has 1 aromatic heterocycles. The van der Waals surface area contributed by atoms with Gasteiger partial charge in [-0.2, -0.15) is 0 Å². The van der Waals surface area contributed by atoms with E-state index >= 15 is 0 Å². The highest BCUT2D eigenvalue weighted by Crippen LogP contribution is 2.22. The Morgan fingerprint density at radius 1 is 1.22 bits per heavy atom. The van der Waals surface area contributed by atoms with Gasteiger partial charge in [-0.15, -0.1) is 0 Å². The van der Waals surface area contributed by atoms with Crippen LogP contribution in [0.1, 0.15) is 21.6 Å². The second-order valence-corrected chi connectivity index (χ2v) is 5.78. The lowest BCUT2D eigenvalue weighted by molar-refractivity contribution is 0.0950. The Kier molecular flexibility index (Phi) is 4.35. The van der Waals surface area contributed by atoms with E-state index in [-0.39, 0.29) is 10.6 Å². The molecule has 0 atom stereocenters. The molecule has 3 nitrogen and oxygen atoms in total. The summed E-state index contributed by atoms with van der Waals surface area (Å²) < 4.78 is 13.7. The van der Waals surface area contributed by atoms with E-state index in [0.29, 0.717) is 13.0 Å². The van der Waals surface area contributed by atoms with Crippen LogP contribution in [0.25, 0.3) is 10.9 Å². The molecule has 0 radical (unpaired) electrons. The number of benzene rings is 2. The smallest absolute Gasteiger partial charge is 0.255 e. The summed E-state index contributed by atoms with van der Waals surface area (Å²) >= 11 is 5.90. The molecule has 2 N–H and O–H groups in total. The molecule has 3 rings (SSSR count). The van der Waals surface area contributed by atoms with Gasteiger partial charge < -0.3 is 10.3 Å². The maximum atomic E-state index is 13.7. The third-order valence-corrected chi connectivity index (χ3v) is 4.19. The lowest BCUT2D eigenvalue weighted by atomic mass is 10.1. The highest BCUT2D eigenvalue weighted by atomic mass is 35.5. The number of carbonyl (C=O) groups is 1. The number of H-pyrrole nitrogens is 1. The van der Waals surface area contributed by atoms with Crippen molar-refractivity contribution in [3.63, 3.8) is 0 Å². The van der Waals surface area contributed by atoms with Crippen molar-refractivity contribution in [1.82, 2.24) is 10.3 Å². The maximum Gasteiger partial charge on any atom is 0.255 e. The molecule has 23 heavy (non-hydrogen) atoms. The van der Waals surface area contributed by atoms with Crippen molar-refractivity contribution in [2.45, 2.75) is 13.3 Å².